The van der Waals surface area contributed by atoms with Gasteiger partial charge in [-0.3, -0.25) is 4.79 Å². The van der Waals surface area contributed by atoms with Crippen LogP contribution in [0.5, 0.6) is 0 Å². The van der Waals surface area contributed by atoms with E-state index in [1.165, 1.54) is 12.1 Å². The van der Waals surface area contributed by atoms with E-state index in [2.05, 4.69) is 0 Å². The molecule has 6 heteroatoms. The van der Waals surface area contributed by atoms with E-state index >= 15 is 0 Å². The van der Waals surface area contributed by atoms with Gasteiger partial charge in [-0.05, 0) is 55.6 Å². The van der Waals surface area contributed by atoms with Crippen molar-refractivity contribution in [2.75, 3.05) is 13.7 Å². The lowest BCUT2D eigenvalue weighted by molar-refractivity contribution is 0.111. The number of benzene rings is 2. The Balaban J connectivity index is 1.85. The van der Waals surface area contributed by atoms with Crippen molar-refractivity contribution in [1.82, 2.24) is 0 Å². The van der Waals surface area contributed by atoms with Crippen molar-refractivity contribution >= 4 is 6.29 Å². The summed E-state index contributed by atoms with van der Waals surface area (Å²) >= 11 is 0. The minimum absolute atomic E-state index is 0.0960. The first-order chi connectivity index (χ1) is 13.5. The minimum atomic E-state index is -1.37. The Morgan fingerprint density at radius 2 is 1.50 bits per heavy atom. The summed E-state index contributed by atoms with van der Waals surface area (Å²) < 4.78 is 62.6. The van der Waals surface area contributed by atoms with Gasteiger partial charge in [0.2, 0.25) is 0 Å². The SMILES string of the molecule is COCCC1CCC(c2ccc(-c3ccc(C=O)c(F)c3F)c(F)c2F)CC1. The molecule has 0 spiro atoms. The van der Waals surface area contributed by atoms with Gasteiger partial charge in [-0.15, -0.1) is 0 Å². The molecule has 28 heavy (non-hydrogen) atoms. The van der Waals surface area contributed by atoms with Crippen molar-refractivity contribution in [3.05, 3.63) is 58.7 Å². The topological polar surface area (TPSA) is 26.3 Å². The molecular formula is C22H22F4O2. The fourth-order valence-electron chi connectivity index (χ4n) is 4.00. The maximum atomic E-state index is 14.7. The summed E-state index contributed by atoms with van der Waals surface area (Å²) in [6.45, 7) is 0.692. The molecule has 0 radical (unpaired) electrons. The van der Waals surface area contributed by atoms with Gasteiger partial charge >= 0.3 is 0 Å². The van der Waals surface area contributed by atoms with Crippen LogP contribution in [0.15, 0.2) is 24.3 Å². The molecule has 0 bridgehead atoms. The molecule has 0 saturated heterocycles. The largest absolute Gasteiger partial charge is 0.385 e. The molecule has 0 aromatic heterocycles. The van der Waals surface area contributed by atoms with Crippen LogP contribution in [-0.4, -0.2) is 20.0 Å². The maximum Gasteiger partial charge on any atom is 0.169 e. The lowest BCUT2D eigenvalue weighted by atomic mass is 9.77. The number of rotatable bonds is 6. The van der Waals surface area contributed by atoms with Crippen LogP contribution in [0.3, 0.4) is 0 Å². The van der Waals surface area contributed by atoms with Crippen LogP contribution in [0.4, 0.5) is 17.6 Å². The van der Waals surface area contributed by atoms with Gasteiger partial charge in [0.05, 0.1) is 5.56 Å². The Morgan fingerprint density at radius 1 is 0.893 bits per heavy atom. The van der Waals surface area contributed by atoms with Crippen LogP contribution >= 0.6 is 0 Å². The normalized spacial score (nSPS) is 19.6. The summed E-state index contributed by atoms with van der Waals surface area (Å²) in [5.41, 5.74) is -0.959. The molecule has 0 heterocycles. The quantitative estimate of drug-likeness (QED) is 0.442. The maximum absolute atomic E-state index is 14.7. The van der Waals surface area contributed by atoms with E-state index in [0.29, 0.717) is 12.5 Å². The van der Waals surface area contributed by atoms with Crippen LogP contribution in [-0.2, 0) is 4.74 Å². The number of carbonyl (C=O) groups is 1. The van der Waals surface area contributed by atoms with Crippen LogP contribution in [0.25, 0.3) is 11.1 Å². The van der Waals surface area contributed by atoms with E-state index in [1.54, 1.807) is 7.11 Å². The van der Waals surface area contributed by atoms with Gasteiger partial charge in [-0.2, -0.15) is 0 Å². The predicted molar refractivity (Wildman–Crippen MR) is 98.3 cm³/mol. The molecule has 0 N–H and O–H groups in total. The molecule has 0 aliphatic heterocycles. The number of methoxy groups -OCH3 is 1. The molecule has 1 fully saturated rings. The fourth-order valence-corrected chi connectivity index (χ4v) is 4.00. The summed E-state index contributed by atoms with van der Waals surface area (Å²) in [6.07, 6.45) is 4.47. The fraction of sp³-hybridized carbons (Fsp3) is 0.409. The third-order valence-corrected chi connectivity index (χ3v) is 5.66. The van der Waals surface area contributed by atoms with Gasteiger partial charge in [0.15, 0.2) is 29.6 Å². The van der Waals surface area contributed by atoms with Gasteiger partial charge in [0.25, 0.3) is 0 Å². The third-order valence-electron chi connectivity index (χ3n) is 5.66. The van der Waals surface area contributed by atoms with Crippen molar-refractivity contribution in [3.8, 4) is 11.1 Å². The summed E-state index contributed by atoms with van der Waals surface area (Å²) in [5, 5.41) is 0. The molecule has 2 aromatic rings. The highest BCUT2D eigenvalue weighted by atomic mass is 19.2. The molecule has 0 amide bonds. The first-order valence-electron chi connectivity index (χ1n) is 9.38. The van der Waals surface area contributed by atoms with E-state index in [1.807, 2.05) is 0 Å². The van der Waals surface area contributed by atoms with Gasteiger partial charge in [-0.25, -0.2) is 17.6 Å². The second kappa shape index (κ2) is 8.86. The number of ether oxygens (including phenoxy) is 1. The van der Waals surface area contributed by atoms with E-state index in [0.717, 1.165) is 44.2 Å². The van der Waals surface area contributed by atoms with Crippen LogP contribution in [0, 0.1) is 29.2 Å². The molecule has 0 atom stereocenters. The average Bonchev–Trinajstić information content (AvgIpc) is 2.71. The van der Waals surface area contributed by atoms with E-state index in [4.69, 9.17) is 4.74 Å². The number of aldehydes is 1. The monoisotopic (exact) mass is 394 g/mol. The first kappa shape index (κ1) is 20.5. The van der Waals surface area contributed by atoms with E-state index in [9.17, 15) is 22.4 Å². The van der Waals surface area contributed by atoms with Crippen molar-refractivity contribution in [3.63, 3.8) is 0 Å². The highest BCUT2D eigenvalue weighted by Crippen LogP contribution is 2.40. The zero-order valence-corrected chi connectivity index (χ0v) is 15.6. The molecule has 2 aromatic carbocycles. The highest BCUT2D eigenvalue weighted by Gasteiger charge is 2.27. The Labute approximate surface area is 161 Å². The van der Waals surface area contributed by atoms with E-state index in [-0.39, 0.29) is 23.3 Å². The van der Waals surface area contributed by atoms with Gasteiger partial charge in [-0.1, -0.05) is 18.2 Å². The molecule has 3 rings (SSSR count). The molecule has 1 aliphatic rings. The summed E-state index contributed by atoms with van der Waals surface area (Å²) in [7, 11) is 1.66. The number of halogens is 4. The Bertz CT molecular complexity index is 858. The second-order valence-corrected chi connectivity index (χ2v) is 7.28. The second-order valence-electron chi connectivity index (χ2n) is 7.28. The first-order valence-corrected chi connectivity index (χ1v) is 9.38. The smallest absolute Gasteiger partial charge is 0.169 e. The van der Waals surface area contributed by atoms with Crippen LogP contribution in [0.1, 0.15) is 53.9 Å². The molecule has 1 aliphatic carbocycles. The van der Waals surface area contributed by atoms with Gasteiger partial charge in [0.1, 0.15) is 0 Å². The minimum Gasteiger partial charge on any atom is -0.385 e. The number of hydrogen-bond acceptors (Lipinski definition) is 2. The predicted octanol–water partition coefficient (Wildman–Crippen LogP) is 6.03. The number of hydrogen-bond donors (Lipinski definition) is 0. The highest BCUT2D eigenvalue weighted by molar-refractivity contribution is 5.78. The lowest BCUT2D eigenvalue weighted by Gasteiger charge is -2.29. The summed E-state index contributed by atoms with van der Waals surface area (Å²) in [4.78, 5) is 10.7. The average molecular weight is 394 g/mol. The Hall–Kier alpha value is -2.21. The summed E-state index contributed by atoms with van der Waals surface area (Å²) in [5.74, 6) is -4.52. The van der Waals surface area contributed by atoms with Crippen molar-refractivity contribution in [2.45, 2.75) is 38.0 Å². The van der Waals surface area contributed by atoms with Crippen LogP contribution < -0.4 is 0 Å². The third kappa shape index (κ3) is 3.97. The molecule has 0 unspecified atom stereocenters. The Kier molecular flexibility index (Phi) is 6.50. The van der Waals surface area contributed by atoms with Crippen molar-refractivity contribution in [1.29, 1.82) is 0 Å². The zero-order chi connectivity index (χ0) is 20.3. The number of carbonyl (C=O) groups excluding carboxylic acids is 1. The molecule has 150 valence electrons. The van der Waals surface area contributed by atoms with E-state index < -0.39 is 34.4 Å². The lowest BCUT2D eigenvalue weighted by Crippen LogP contribution is -2.16. The Morgan fingerprint density at radius 3 is 2.11 bits per heavy atom. The zero-order valence-electron chi connectivity index (χ0n) is 15.6. The molecule has 2 nitrogen and oxygen atoms in total. The van der Waals surface area contributed by atoms with Crippen molar-refractivity contribution in [2.24, 2.45) is 5.92 Å². The van der Waals surface area contributed by atoms with Crippen molar-refractivity contribution < 1.29 is 27.1 Å². The van der Waals surface area contributed by atoms with Gasteiger partial charge in [0, 0.05) is 24.8 Å². The van der Waals surface area contributed by atoms with Crippen LogP contribution in [0.2, 0.25) is 0 Å². The van der Waals surface area contributed by atoms with Gasteiger partial charge < -0.3 is 4.74 Å². The molecular weight excluding hydrogens is 372 g/mol. The standard InChI is InChI=1S/C22H22F4O2/c1-28-11-10-13-2-4-14(5-3-13)16-8-9-18(22(26)20(16)24)17-7-6-15(12-27)19(23)21(17)25/h6-9,12-14H,2-5,10-11H2,1H3. The summed E-state index contributed by atoms with van der Waals surface area (Å²) in [6, 6.07) is 4.87. The molecule has 1 saturated carbocycles.